The summed E-state index contributed by atoms with van der Waals surface area (Å²) in [6.45, 7) is 0. The van der Waals surface area contributed by atoms with Crippen LogP contribution in [0.3, 0.4) is 0 Å². The number of fused-ring (bicyclic) bond motifs is 4. The molecule has 4 aliphatic rings. The van der Waals surface area contributed by atoms with Crippen LogP contribution in [0.2, 0.25) is 0 Å². The number of amides is 2. The van der Waals surface area contributed by atoms with Crippen molar-refractivity contribution in [3.63, 3.8) is 0 Å². The van der Waals surface area contributed by atoms with Crippen molar-refractivity contribution in [1.29, 1.82) is 0 Å². The van der Waals surface area contributed by atoms with Gasteiger partial charge in [0.05, 0.1) is 0 Å². The SMILES string of the molecule is O=C(N/N=C1\CC2CCC1C2)c1ccc(C(=O)N/N=C2\CC3CCC2C3)cc1. The number of hydrogen-bond acceptors (Lipinski definition) is 4. The molecule has 1 aromatic rings. The van der Waals surface area contributed by atoms with Crippen molar-refractivity contribution in [3.8, 4) is 0 Å². The fraction of sp³-hybridized carbons (Fsp3) is 0.545. The summed E-state index contributed by atoms with van der Waals surface area (Å²) in [5.74, 6) is 2.19. The van der Waals surface area contributed by atoms with Crippen molar-refractivity contribution in [3.05, 3.63) is 35.4 Å². The molecule has 2 amide bonds. The topological polar surface area (TPSA) is 82.9 Å². The van der Waals surface area contributed by atoms with Gasteiger partial charge in [0.25, 0.3) is 11.8 Å². The van der Waals surface area contributed by atoms with Crippen molar-refractivity contribution in [2.45, 2.75) is 51.4 Å². The zero-order valence-electron chi connectivity index (χ0n) is 16.0. The van der Waals surface area contributed by atoms with Crippen LogP contribution in [-0.2, 0) is 0 Å². The first-order valence-corrected chi connectivity index (χ1v) is 10.5. The van der Waals surface area contributed by atoms with Gasteiger partial charge >= 0.3 is 0 Å². The maximum absolute atomic E-state index is 12.3. The molecule has 0 spiro atoms. The summed E-state index contributed by atoms with van der Waals surface area (Å²) in [4.78, 5) is 24.6. The van der Waals surface area contributed by atoms with Gasteiger partial charge in [-0.05, 0) is 99.3 Å². The molecule has 0 radical (unpaired) electrons. The number of carbonyl (C=O) groups is 2. The van der Waals surface area contributed by atoms with Crippen molar-refractivity contribution < 1.29 is 9.59 Å². The van der Waals surface area contributed by atoms with Gasteiger partial charge in [0.15, 0.2) is 0 Å². The van der Waals surface area contributed by atoms with E-state index in [1.807, 2.05) is 0 Å². The van der Waals surface area contributed by atoms with Crippen molar-refractivity contribution in [2.75, 3.05) is 0 Å². The molecule has 0 heterocycles. The van der Waals surface area contributed by atoms with Gasteiger partial charge in [-0.15, -0.1) is 0 Å². The fourth-order valence-electron chi connectivity index (χ4n) is 5.47. The predicted molar refractivity (Wildman–Crippen MR) is 107 cm³/mol. The Labute approximate surface area is 164 Å². The van der Waals surface area contributed by atoms with Crippen LogP contribution in [0.1, 0.15) is 72.1 Å². The number of carbonyl (C=O) groups excluding carboxylic acids is 2. The molecule has 4 fully saturated rings. The zero-order chi connectivity index (χ0) is 19.1. The molecule has 2 N–H and O–H groups in total. The van der Waals surface area contributed by atoms with Gasteiger partial charge in [0, 0.05) is 22.6 Å². The van der Waals surface area contributed by atoms with Crippen LogP contribution in [0.25, 0.3) is 0 Å². The molecular weight excluding hydrogens is 352 g/mol. The minimum absolute atomic E-state index is 0.232. The highest BCUT2D eigenvalue weighted by atomic mass is 16.2. The van der Waals surface area contributed by atoms with Gasteiger partial charge in [-0.25, -0.2) is 10.9 Å². The Morgan fingerprint density at radius 2 is 1.14 bits per heavy atom. The fourth-order valence-corrected chi connectivity index (χ4v) is 5.47. The van der Waals surface area contributed by atoms with Crippen LogP contribution in [0.15, 0.2) is 34.5 Å². The smallest absolute Gasteiger partial charge is 0.267 e. The van der Waals surface area contributed by atoms with Gasteiger partial charge in [-0.1, -0.05) is 0 Å². The summed E-state index contributed by atoms with van der Waals surface area (Å²) in [6, 6.07) is 6.65. The van der Waals surface area contributed by atoms with Crippen molar-refractivity contribution >= 4 is 23.2 Å². The second-order valence-corrected chi connectivity index (χ2v) is 8.83. The van der Waals surface area contributed by atoms with E-state index in [0.29, 0.717) is 23.0 Å². The molecule has 4 saturated carbocycles. The third-order valence-corrected chi connectivity index (χ3v) is 7.03. The van der Waals surface area contributed by atoms with Crippen LogP contribution < -0.4 is 10.9 Å². The van der Waals surface area contributed by atoms with E-state index in [1.54, 1.807) is 24.3 Å². The highest BCUT2D eigenvalue weighted by Gasteiger charge is 2.37. The molecule has 28 heavy (non-hydrogen) atoms. The summed E-state index contributed by atoms with van der Waals surface area (Å²) < 4.78 is 0. The summed E-state index contributed by atoms with van der Waals surface area (Å²) in [5, 5.41) is 8.70. The zero-order valence-corrected chi connectivity index (χ0v) is 16.0. The molecule has 4 unspecified atom stereocenters. The number of nitrogens with one attached hydrogen (secondary N) is 2. The lowest BCUT2D eigenvalue weighted by atomic mass is 9.99. The van der Waals surface area contributed by atoms with E-state index in [9.17, 15) is 9.59 Å². The number of nitrogens with zero attached hydrogens (tertiary/aromatic N) is 2. The van der Waals surface area contributed by atoms with Crippen LogP contribution in [0, 0.1) is 23.7 Å². The lowest BCUT2D eigenvalue weighted by molar-refractivity contribution is 0.0943. The Balaban J connectivity index is 1.17. The van der Waals surface area contributed by atoms with Crippen molar-refractivity contribution in [1.82, 2.24) is 10.9 Å². The summed E-state index contributed by atoms with van der Waals surface area (Å²) >= 11 is 0. The molecule has 0 aromatic heterocycles. The molecule has 0 saturated heterocycles. The van der Waals surface area contributed by atoms with Gasteiger partial charge < -0.3 is 0 Å². The Kier molecular flexibility index (Phi) is 4.49. The Hall–Kier alpha value is -2.50. The number of hydrazone groups is 2. The maximum atomic E-state index is 12.3. The van der Waals surface area contributed by atoms with Crippen LogP contribution in [0.4, 0.5) is 0 Å². The molecule has 0 aliphatic heterocycles. The lowest BCUT2D eigenvalue weighted by Gasteiger charge is -2.12. The van der Waals surface area contributed by atoms with Gasteiger partial charge in [-0.2, -0.15) is 10.2 Å². The monoisotopic (exact) mass is 378 g/mol. The molecule has 6 heteroatoms. The summed E-state index contributed by atoms with van der Waals surface area (Å²) in [7, 11) is 0. The quantitative estimate of drug-likeness (QED) is 0.786. The first-order chi connectivity index (χ1) is 13.7. The first-order valence-electron chi connectivity index (χ1n) is 10.5. The lowest BCUT2D eigenvalue weighted by Crippen LogP contribution is -2.23. The van der Waals surface area contributed by atoms with Gasteiger partial charge in [-0.3, -0.25) is 9.59 Å². The van der Waals surface area contributed by atoms with E-state index < -0.39 is 0 Å². The molecule has 6 nitrogen and oxygen atoms in total. The summed E-state index contributed by atoms with van der Waals surface area (Å²) in [6.07, 6.45) is 9.50. The maximum Gasteiger partial charge on any atom is 0.271 e. The number of benzene rings is 1. The average molecular weight is 378 g/mol. The number of rotatable bonds is 4. The standard InChI is InChI=1S/C22H26N4O2/c27-21(25-23-19-11-13-1-3-17(19)9-13)15-5-7-16(8-6-15)22(28)26-24-20-12-14-2-4-18(20)10-14/h5-8,13-14,17-18H,1-4,9-12H2,(H,25,27)(H,26,28)/b23-19+,24-20+. The van der Waals surface area contributed by atoms with E-state index in [1.165, 1.54) is 38.5 Å². The number of hydrogen-bond donors (Lipinski definition) is 2. The minimum atomic E-state index is -0.232. The Bertz CT molecular complexity index is 787. The Morgan fingerprint density at radius 1 is 0.714 bits per heavy atom. The van der Waals surface area contributed by atoms with Crippen LogP contribution in [-0.4, -0.2) is 23.2 Å². The highest BCUT2D eigenvalue weighted by molar-refractivity contribution is 5.99. The van der Waals surface area contributed by atoms with Crippen LogP contribution >= 0.6 is 0 Å². The molecule has 146 valence electrons. The average Bonchev–Trinajstić information content (AvgIpc) is 3.52. The third kappa shape index (κ3) is 3.36. The van der Waals surface area contributed by atoms with E-state index in [2.05, 4.69) is 21.1 Å². The normalized spacial score (nSPS) is 33.0. The summed E-state index contributed by atoms with van der Waals surface area (Å²) in [5.41, 5.74) is 8.64. The molecule has 5 rings (SSSR count). The second kappa shape index (κ2) is 7.15. The van der Waals surface area contributed by atoms with E-state index >= 15 is 0 Å². The highest BCUT2D eigenvalue weighted by Crippen LogP contribution is 2.43. The molecule has 4 bridgehead atoms. The Morgan fingerprint density at radius 3 is 1.46 bits per heavy atom. The van der Waals surface area contributed by atoms with E-state index in [0.717, 1.165) is 36.1 Å². The molecule has 4 atom stereocenters. The van der Waals surface area contributed by atoms with Crippen molar-refractivity contribution in [2.24, 2.45) is 33.9 Å². The van der Waals surface area contributed by atoms with Crippen LogP contribution in [0.5, 0.6) is 0 Å². The second-order valence-electron chi connectivity index (χ2n) is 8.83. The first kappa shape index (κ1) is 17.6. The van der Waals surface area contributed by atoms with Gasteiger partial charge in [0.1, 0.15) is 0 Å². The van der Waals surface area contributed by atoms with E-state index in [-0.39, 0.29) is 11.8 Å². The van der Waals surface area contributed by atoms with Gasteiger partial charge in [0.2, 0.25) is 0 Å². The minimum Gasteiger partial charge on any atom is -0.267 e. The molecule has 4 aliphatic carbocycles. The molecular formula is C22H26N4O2. The largest absolute Gasteiger partial charge is 0.271 e. The third-order valence-electron chi connectivity index (χ3n) is 7.03. The predicted octanol–water partition coefficient (Wildman–Crippen LogP) is 3.50. The van der Waals surface area contributed by atoms with E-state index in [4.69, 9.17) is 0 Å². The molecule has 1 aromatic carbocycles.